The second-order valence-corrected chi connectivity index (χ2v) is 8.71. The van der Waals surface area contributed by atoms with Crippen molar-refractivity contribution in [2.45, 2.75) is 38.3 Å². The molecule has 7 heteroatoms. The molecular weight excluding hydrogens is 380 g/mol. The molecule has 2 bridgehead atoms. The summed E-state index contributed by atoms with van der Waals surface area (Å²) in [5.74, 6) is -0.954. The Bertz CT molecular complexity index is 1060. The Morgan fingerprint density at radius 3 is 2.67 bits per heavy atom. The molecule has 1 spiro atoms. The van der Waals surface area contributed by atoms with Gasteiger partial charge in [0.05, 0.1) is 48.6 Å². The first-order valence-electron chi connectivity index (χ1n) is 10.3. The number of ether oxygens (including phenoxy) is 1. The largest absolute Gasteiger partial charge is 0.360 e. The second kappa shape index (κ2) is 6.22. The number of aryl methyl sites for hydroxylation is 1. The van der Waals surface area contributed by atoms with Crippen molar-refractivity contribution in [3.05, 3.63) is 71.3 Å². The van der Waals surface area contributed by atoms with Gasteiger partial charge in [0, 0.05) is 19.3 Å². The number of benzene rings is 1. The van der Waals surface area contributed by atoms with E-state index in [1.54, 1.807) is 17.3 Å². The van der Waals surface area contributed by atoms with Crippen LogP contribution in [0.1, 0.15) is 22.5 Å². The summed E-state index contributed by atoms with van der Waals surface area (Å²) >= 11 is 0. The fourth-order valence-corrected chi connectivity index (χ4v) is 5.39. The summed E-state index contributed by atoms with van der Waals surface area (Å²) in [6, 6.07) is 8.12. The van der Waals surface area contributed by atoms with Crippen molar-refractivity contribution < 1.29 is 14.3 Å². The molecule has 7 nitrogen and oxygen atoms in total. The van der Waals surface area contributed by atoms with Gasteiger partial charge in [0.2, 0.25) is 11.8 Å². The first-order valence-corrected chi connectivity index (χ1v) is 10.3. The lowest BCUT2D eigenvalue weighted by Crippen LogP contribution is -2.44. The van der Waals surface area contributed by atoms with Gasteiger partial charge in [-0.25, -0.2) is 0 Å². The zero-order valence-electron chi connectivity index (χ0n) is 16.7. The van der Waals surface area contributed by atoms with Crippen molar-refractivity contribution in [1.82, 2.24) is 19.8 Å². The van der Waals surface area contributed by atoms with Crippen molar-refractivity contribution in [1.29, 1.82) is 0 Å². The SMILES string of the molecule is Cc1cnc(CN2C[C@@]34C=C[C@@H](O3)C(C(=O)N3Cc5ccccc5C3)C4C2=O)cn1. The molecular formula is C23H22N4O3. The Hall–Kier alpha value is -3.06. The van der Waals surface area contributed by atoms with Crippen molar-refractivity contribution in [3.8, 4) is 0 Å². The van der Waals surface area contributed by atoms with E-state index in [0.29, 0.717) is 26.2 Å². The van der Waals surface area contributed by atoms with Crippen LogP contribution in [0.2, 0.25) is 0 Å². The molecule has 2 amide bonds. The number of nitrogens with zero attached hydrogens (tertiary/aromatic N) is 4. The van der Waals surface area contributed by atoms with Crippen LogP contribution < -0.4 is 0 Å². The standard InChI is InChI=1S/C23H22N4O3/c1-14-8-25-17(9-24-14)12-27-13-23-7-6-18(30-23)19(20(23)22(27)29)21(28)26-10-15-4-2-3-5-16(15)11-26/h2-9,18-20H,10-13H2,1H3/t18-,19?,20?,23-/m1/s1. The van der Waals surface area contributed by atoms with Gasteiger partial charge in [0.15, 0.2) is 0 Å². The van der Waals surface area contributed by atoms with Crippen LogP contribution in [0, 0.1) is 18.8 Å². The van der Waals surface area contributed by atoms with Gasteiger partial charge in [0.25, 0.3) is 0 Å². The first-order chi connectivity index (χ1) is 14.5. The summed E-state index contributed by atoms with van der Waals surface area (Å²) in [4.78, 5) is 39.2. The number of hydrogen-bond acceptors (Lipinski definition) is 5. The Balaban J connectivity index is 1.25. The van der Waals surface area contributed by atoms with E-state index in [0.717, 1.165) is 11.4 Å². The molecule has 2 saturated heterocycles. The Labute approximate surface area is 174 Å². The van der Waals surface area contributed by atoms with Gasteiger partial charge in [-0.2, -0.15) is 0 Å². The van der Waals surface area contributed by atoms with Crippen molar-refractivity contribution in [2.24, 2.45) is 11.8 Å². The van der Waals surface area contributed by atoms with Gasteiger partial charge < -0.3 is 14.5 Å². The summed E-state index contributed by atoms with van der Waals surface area (Å²) in [5.41, 5.74) is 3.23. The minimum atomic E-state index is -0.702. The fourth-order valence-electron chi connectivity index (χ4n) is 5.39. The van der Waals surface area contributed by atoms with Crippen LogP contribution in [0.5, 0.6) is 0 Å². The molecule has 152 valence electrons. The van der Waals surface area contributed by atoms with Gasteiger partial charge in [-0.1, -0.05) is 36.4 Å². The Morgan fingerprint density at radius 2 is 1.97 bits per heavy atom. The van der Waals surface area contributed by atoms with Gasteiger partial charge >= 0.3 is 0 Å². The van der Waals surface area contributed by atoms with E-state index < -0.39 is 17.4 Å². The molecule has 1 aromatic carbocycles. The molecule has 2 fully saturated rings. The maximum Gasteiger partial charge on any atom is 0.230 e. The minimum absolute atomic E-state index is 0.0118. The molecule has 4 aliphatic rings. The van der Waals surface area contributed by atoms with Gasteiger partial charge in [-0.05, 0) is 18.1 Å². The third-order valence-electron chi connectivity index (χ3n) is 6.80. The number of fused-ring (bicyclic) bond motifs is 2. The molecule has 1 aromatic heterocycles. The third-order valence-corrected chi connectivity index (χ3v) is 6.80. The third kappa shape index (κ3) is 2.48. The van der Waals surface area contributed by atoms with Crippen molar-refractivity contribution in [2.75, 3.05) is 6.54 Å². The fraction of sp³-hybridized carbons (Fsp3) is 0.391. The van der Waals surface area contributed by atoms with Crippen LogP contribution in [-0.2, 0) is 34.0 Å². The lowest BCUT2D eigenvalue weighted by molar-refractivity contribution is -0.143. The van der Waals surface area contributed by atoms with Crippen LogP contribution in [0.4, 0.5) is 0 Å². The van der Waals surface area contributed by atoms with E-state index in [9.17, 15) is 9.59 Å². The van der Waals surface area contributed by atoms with Gasteiger partial charge in [-0.3, -0.25) is 19.6 Å². The number of carbonyl (C=O) groups excluding carboxylic acids is 2. The first kappa shape index (κ1) is 17.8. The maximum absolute atomic E-state index is 13.5. The molecule has 2 unspecified atom stereocenters. The molecule has 5 heterocycles. The van der Waals surface area contributed by atoms with Crippen LogP contribution in [0.15, 0.2) is 48.8 Å². The van der Waals surface area contributed by atoms with E-state index in [-0.39, 0.29) is 17.9 Å². The van der Waals surface area contributed by atoms with Gasteiger partial charge in [-0.15, -0.1) is 0 Å². The number of aromatic nitrogens is 2. The smallest absolute Gasteiger partial charge is 0.230 e. The monoisotopic (exact) mass is 402 g/mol. The predicted molar refractivity (Wildman–Crippen MR) is 107 cm³/mol. The Kier molecular flexibility index (Phi) is 3.68. The molecule has 0 saturated carbocycles. The summed E-state index contributed by atoms with van der Waals surface area (Å²) in [7, 11) is 0. The molecule has 2 aromatic rings. The molecule has 0 N–H and O–H groups in total. The predicted octanol–water partition coefficient (Wildman–Crippen LogP) is 1.61. The van der Waals surface area contributed by atoms with Gasteiger partial charge in [0.1, 0.15) is 5.60 Å². The number of carbonyl (C=O) groups is 2. The highest BCUT2D eigenvalue weighted by atomic mass is 16.5. The molecule has 0 radical (unpaired) electrons. The van der Waals surface area contributed by atoms with Crippen LogP contribution in [0.25, 0.3) is 0 Å². The zero-order chi connectivity index (χ0) is 20.5. The summed E-state index contributed by atoms with van der Waals surface area (Å²) < 4.78 is 6.25. The lowest BCUT2D eigenvalue weighted by atomic mass is 9.76. The van der Waals surface area contributed by atoms with Crippen molar-refractivity contribution in [3.63, 3.8) is 0 Å². The normalized spacial score (nSPS) is 30.8. The number of hydrogen-bond donors (Lipinski definition) is 0. The van der Waals surface area contributed by atoms with E-state index >= 15 is 0 Å². The lowest BCUT2D eigenvalue weighted by Gasteiger charge is -2.27. The molecule has 0 aliphatic carbocycles. The van der Waals surface area contributed by atoms with E-state index in [4.69, 9.17) is 4.74 Å². The minimum Gasteiger partial charge on any atom is -0.360 e. The summed E-state index contributed by atoms with van der Waals surface area (Å²) in [5, 5.41) is 0. The highest BCUT2D eigenvalue weighted by molar-refractivity contribution is 5.93. The molecule has 30 heavy (non-hydrogen) atoms. The second-order valence-electron chi connectivity index (χ2n) is 8.71. The molecule has 6 rings (SSSR count). The summed E-state index contributed by atoms with van der Waals surface area (Å²) in [6.07, 6.45) is 7.03. The van der Waals surface area contributed by atoms with Crippen LogP contribution in [0.3, 0.4) is 0 Å². The van der Waals surface area contributed by atoms with Crippen molar-refractivity contribution >= 4 is 11.8 Å². The van der Waals surface area contributed by atoms with E-state index in [1.165, 1.54) is 11.1 Å². The summed E-state index contributed by atoms with van der Waals surface area (Å²) in [6.45, 7) is 3.90. The highest BCUT2D eigenvalue weighted by Crippen LogP contribution is 2.52. The van der Waals surface area contributed by atoms with Crippen LogP contribution in [-0.4, -0.2) is 49.8 Å². The highest BCUT2D eigenvalue weighted by Gasteiger charge is 2.67. The number of rotatable bonds is 3. The average Bonchev–Trinajstić information content (AvgIpc) is 3.49. The quantitative estimate of drug-likeness (QED) is 0.729. The average molecular weight is 402 g/mol. The van der Waals surface area contributed by atoms with E-state index in [2.05, 4.69) is 22.1 Å². The maximum atomic E-state index is 13.5. The topological polar surface area (TPSA) is 75.6 Å². The molecule has 4 aliphatic heterocycles. The van der Waals surface area contributed by atoms with E-state index in [1.807, 2.05) is 36.1 Å². The number of likely N-dealkylation sites (tertiary alicyclic amines) is 1. The Morgan fingerprint density at radius 1 is 1.20 bits per heavy atom. The van der Waals surface area contributed by atoms with Crippen LogP contribution >= 0.6 is 0 Å². The number of amides is 2. The molecule has 4 atom stereocenters. The zero-order valence-corrected chi connectivity index (χ0v) is 16.7.